The minimum atomic E-state index is -0.337. The van der Waals surface area contributed by atoms with Crippen molar-refractivity contribution in [3.63, 3.8) is 0 Å². The van der Waals surface area contributed by atoms with Crippen LogP contribution >= 0.6 is 11.6 Å². The number of hydrogen-bond acceptors (Lipinski definition) is 4. The molecule has 2 fully saturated rings. The monoisotopic (exact) mass is 422 g/mol. The highest BCUT2D eigenvalue weighted by Crippen LogP contribution is 2.59. The highest BCUT2D eigenvalue weighted by Gasteiger charge is 2.54. The fourth-order valence-corrected chi connectivity index (χ4v) is 4.89. The standard InChI is InChI=1S/C24H24ClFN4/c25-21-7-6-18(26)14-20(21)22-8-9-23(29-28-22)27-16-17-15-24(17)10-12-30(13-11-24)19-4-2-1-3-5-19/h1-9,14,17H,10-13,15-16H2,(H,27,29). The van der Waals surface area contributed by atoms with Crippen LogP contribution in [-0.4, -0.2) is 29.8 Å². The molecule has 3 aromatic rings. The number of benzene rings is 2. The second-order valence-corrected chi connectivity index (χ2v) is 8.80. The van der Waals surface area contributed by atoms with Crippen LogP contribution in [0.3, 0.4) is 0 Å². The Morgan fingerprint density at radius 2 is 1.83 bits per heavy atom. The van der Waals surface area contributed by atoms with E-state index in [-0.39, 0.29) is 5.82 Å². The van der Waals surface area contributed by atoms with Crippen molar-refractivity contribution in [3.05, 3.63) is 71.5 Å². The fourth-order valence-electron chi connectivity index (χ4n) is 4.67. The number of hydrogen-bond donors (Lipinski definition) is 1. The van der Waals surface area contributed by atoms with Crippen LogP contribution in [0.2, 0.25) is 5.02 Å². The van der Waals surface area contributed by atoms with E-state index in [1.165, 1.54) is 43.1 Å². The quantitative estimate of drug-likeness (QED) is 0.576. The van der Waals surface area contributed by atoms with Crippen molar-refractivity contribution in [1.82, 2.24) is 10.2 Å². The summed E-state index contributed by atoms with van der Waals surface area (Å²) in [7, 11) is 0. The zero-order valence-corrected chi connectivity index (χ0v) is 17.4. The lowest BCUT2D eigenvalue weighted by atomic mass is 9.90. The third-order valence-corrected chi connectivity index (χ3v) is 6.97. The topological polar surface area (TPSA) is 41.0 Å². The van der Waals surface area contributed by atoms with Crippen LogP contribution in [0.1, 0.15) is 19.3 Å². The first-order valence-electron chi connectivity index (χ1n) is 10.5. The van der Waals surface area contributed by atoms with Crippen LogP contribution in [-0.2, 0) is 0 Å². The Morgan fingerprint density at radius 3 is 2.57 bits per heavy atom. The number of para-hydroxylation sites is 1. The number of aromatic nitrogens is 2. The first-order chi connectivity index (χ1) is 14.6. The van der Waals surface area contributed by atoms with Gasteiger partial charge in [-0.15, -0.1) is 10.2 Å². The largest absolute Gasteiger partial charge is 0.371 e. The van der Waals surface area contributed by atoms with Crippen molar-refractivity contribution in [2.24, 2.45) is 11.3 Å². The van der Waals surface area contributed by atoms with Gasteiger partial charge in [-0.3, -0.25) is 0 Å². The number of nitrogens with one attached hydrogen (secondary N) is 1. The van der Waals surface area contributed by atoms with Gasteiger partial charge in [0.1, 0.15) is 11.6 Å². The number of anilines is 2. The number of nitrogens with zero attached hydrogens (tertiary/aromatic N) is 3. The van der Waals surface area contributed by atoms with E-state index < -0.39 is 0 Å². The summed E-state index contributed by atoms with van der Waals surface area (Å²) in [5.74, 6) is 1.10. The SMILES string of the molecule is Fc1ccc(Cl)c(-c2ccc(NCC3CC34CCN(c3ccccc3)CC4)nn2)c1. The summed E-state index contributed by atoms with van der Waals surface area (Å²) < 4.78 is 13.5. The molecule has 154 valence electrons. The molecule has 2 aliphatic rings. The maximum absolute atomic E-state index is 13.5. The molecule has 1 N–H and O–H groups in total. The van der Waals surface area contributed by atoms with Crippen LogP contribution in [0.4, 0.5) is 15.9 Å². The molecule has 1 unspecified atom stereocenters. The van der Waals surface area contributed by atoms with Crippen molar-refractivity contribution in [1.29, 1.82) is 0 Å². The molecule has 5 rings (SSSR count). The van der Waals surface area contributed by atoms with Gasteiger partial charge >= 0.3 is 0 Å². The molecule has 30 heavy (non-hydrogen) atoms. The molecular formula is C24H24ClFN4. The average Bonchev–Trinajstić information content (AvgIpc) is 3.47. The van der Waals surface area contributed by atoms with Crippen LogP contribution in [0.25, 0.3) is 11.3 Å². The lowest BCUT2D eigenvalue weighted by Gasteiger charge is -2.34. The molecule has 1 atom stereocenters. The highest BCUT2D eigenvalue weighted by molar-refractivity contribution is 6.33. The lowest BCUT2D eigenvalue weighted by Crippen LogP contribution is -2.35. The normalized spacial score (nSPS) is 19.7. The molecule has 6 heteroatoms. The minimum absolute atomic E-state index is 0.337. The zero-order chi connectivity index (χ0) is 20.6. The molecular weight excluding hydrogens is 399 g/mol. The van der Waals surface area contributed by atoms with E-state index in [4.69, 9.17) is 11.6 Å². The number of halogens is 2. The van der Waals surface area contributed by atoms with Crippen molar-refractivity contribution >= 4 is 23.1 Å². The molecule has 1 saturated heterocycles. The van der Waals surface area contributed by atoms with E-state index in [1.54, 1.807) is 0 Å². The van der Waals surface area contributed by atoms with Crippen molar-refractivity contribution < 1.29 is 4.39 Å². The van der Waals surface area contributed by atoms with Gasteiger partial charge in [0.15, 0.2) is 0 Å². The maximum Gasteiger partial charge on any atom is 0.148 e. The Balaban J connectivity index is 1.15. The summed E-state index contributed by atoms with van der Waals surface area (Å²) in [6.07, 6.45) is 3.78. The molecule has 4 nitrogen and oxygen atoms in total. The summed E-state index contributed by atoms with van der Waals surface area (Å²) >= 11 is 6.16. The van der Waals surface area contributed by atoms with Gasteiger partial charge in [0.25, 0.3) is 0 Å². The smallest absolute Gasteiger partial charge is 0.148 e. The minimum Gasteiger partial charge on any atom is -0.371 e. The molecule has 1 aliphatic carbocycles. The van der Waals surface area contributed by atoms with Gasteiger partial charge in [-0.25, -0.2) is 4.39 Å². The van der Waals surface area contributed by atoms with Crippen LogP contribution in [0, 0.1) is 17.2 Å². The Morgan fingerprint density at radius 1 is 1.03 bits per heavy atom. The summed E-state index contributed by atoms with van der Waals surface area (Å²) in [6, 6.07) is 18.7. The summed E-state index contributed by atoms with van der Waals surface area (Å²) in [6.45, 7) is 3.17. The molecule has 0 radical (unpaired) electrons. The summed E-state index contributed by atoms with van der Waals surface area (Å²) in [4.78, 5) is 2.50. The van der Waals surface area contributed by atoms with Gasteiger partial charge in [0.2, 0.25) is 0 Å². The molecule has 0 amide bonds. The van der Waals surface area contributed by atoms with Crippen LogP contribution in [0.5, 0.6) is 0 Å². The highest BCUT2D eigenvalue weighted by atomic mass is 35.5. The fraction of sp³-hybridized carbons (Fsp3) is 0.333. The van der Waals surface area contributed by atoms with Crippen LogP contribution < -0.4 is 10.2 Å². The summed E-state index contributed by atoms with van der Waals surface area (Å²) in [5, 5.41) is 12.4. The van der Waals surface area contributed by atoms with E-state index in [0.29, 0.717) is 27.6 Å². The first-order valence-corrected chi connectivity index (χ1v) is 10.8. The second-order valence-electron chi connectivity index (χ2n) is 8.39. The predicted octanol–water partition coefficient (Wildman–Crippen LogP) is 5.65. The van der Waals surface area contributed by atoms with Gasteiger partial charge < -0.3 is 10.2 Å². The van der Waals surface area contributed by atoms with Crippen molar-refractivity contribution in [2.75, 3.05) is 29.9 Å². The first kappa shape index (κ1) is 19.3. The van der Waals surface area contributed by atoms with Gasteiger partial charge in [-0.2, -0.15) is 0 Å². The molecule has 0 bridgehead atoms. The number of rotatable bonds is 5. The van der Waals surface area contributed by atoms with E-state index in [9.17, 15) is 4.39 Å². The van der Waals surface area contributed by atoms with E-state index in [0.717, 1.165) is 25.5 Å². The molecule has 1 aliphatic heterocycles. The van der Waals surface area contributed by atoms with Gasteiger partial charge in [0, 0.05) is 30.9 Å². The molecule has 1 spiro atoms. The van der Waals surface area contributed by atoms with Gasteiger partial charge in [-0.05, 0) is 73.1 Å². The Hall–Kier alpha value is -2.66. The molecule has 2 heterocycles. The Labute approximate surface area is 181 Å². The predicted molar refractivity (Wildman–Crippen MR) is 119 cm³/mol. The van der Waals surface area contributed by atoms with Crippen LogP contribution in [0.15, 0.2) is 60.7 Å². The van der Waals surface area contributed by atoms with Gasteiger partial charge in [0.05, 0.1) is 10.7 Å². The Bertz CT molecular complexity index is 1020. The maximum atomic E-state index is 13.5. The third kappa shape index (κ3) is 3.86. The van der Waals surface area contributed by atoms with Crippen molar-refractivity contribution in [2.45, 2.75) is 19.3 Å². The molecule has 1 aromatic heterocycles. The average molecular weight is 423 g/mol. The van der Waals surface area contributed by atoms with E-state index >= 15 is 0 Å². The van der Waals surface area contributed by atoms with Crippen molar-refractivity contribution in [3.8, 4) is 11.3 Å². The van der Waals surface area contributed by atoms with E-state index in [2.05, 4.69) is 50.7 Å². The third-order valence-electron chi connectivity index (χ3n) is 6.64. The zero-order valence-electron chi connectivity index (χ0n) is 16.7. The van der Waals surface area contributed by atoms with Gasteiger partial charge in [-0.1, -0.05) is 29.8 Å². The second kappa shape index (κ2) is 7.88. The molecule has 1 saturated carbocycles. The Kier molecular flexibility index (Phi) is 5.07. The molecule has 2 aromatic carbocycles. The van der Waals surface area contributed by atoms with E-state index in [1.807, 2.05) is 12.1 Å². The summed E-state index contributed by atoms with van der Waals surface area (Å²) in [5.41, 5.74) is 2.94. The lowest BCUT2D eigenvalue weighted by molar-refractivity contribution is 0.353. The number of piperidine rings is 1.